The molecule has 0 aliphatic heterocycles. The third-order valence-electron chi connectivity index (χ3n) is 2.12. The van der Waals surface area contributed by atoms with Crippen LogP contribution in [0.25, 0.3) is 0 Å². The number of rotatable bonds is 5. The number of carbonyl (C=O) groups is 2. The molecule has 96 valence electrons. The van der Waals surface area contributed by atoms with Crippen molar-refractivity contribution in [2.75, 3.05) is 0 Å². The third-order valence-corrected chi connectivity index (χ3v) is 2.37. The highest BCUT2D eigenvalue weighted by atomic mass is 35.5. The highest BCUT2D eigenvalue weighted by Crippen LogP contribution is 2.12. The minimum Gasteiger partial charge on any atom is -0.478 e. The Hall–Kier alpha value is -1.81. The molecule has 1 unspecified atom stereocenters. The lowest BCUT2D eigenvalue weighted by atomic mass is 10.1. The van der Waals surface area contributed by atoms with E-state index in [9.17, 15) is 9.59 Å². The molecule has 0 spiro atoms. The highest BCUT2D eigenvalue weighted by molar-refractivity contribution is 6.30. The Morgan fingerprint density at radius 3 is 2.50 bits per heavy atom. The van der Waals surface area contributed by atoms with Crippen molar-refractivity contribution in [3.05, 3.63) is 47.0 Å². The van der Waals surface area contributed by atoms with Gasteiger partial charge in [-0.15, -0.1) is 0 Å². The topological polar surface area (TPSA) is 63.6 Å². The molecule has 0 amide bonds. The summed E-state index contributed by atoms with van der Waals surface area (Å²) in [4.78, 5) is 21.4. The minimum absolute atomic E-state index is 0.336. The molecule has 18 heavy (non-hydrogen) atoms. The second kappa shape index (κ2) is 6.81. The van der Waals surface area contributed by atoms with Gasteiger partial charge >= 0.3 is 11.9 Å². The van der Waals surface area contributed by atoms with Crippen LogP contribution in [-0.2, 0) is 20.7 Å². The first-order valence-electron chi connectivity index (χ1n) is 5.33. The minimum atomic E-state index is -1.18. The lowest BCUT2D eigenvalue weighted by molar-refractivity contribution is -0.142. The monoisotopic (exact) mass is 268 g/mol. The van der Waals surface area contributed by atoms with Crippen LogP contribution < -0.4 is 0 Å². The van der Waals surface area contributed by atoms with Gasteiger partial charge in [-0.1, -0.05) is 23.7 Å². The van der Waals surface area contributed by atoms with Gasteiger partial charge in [0.1, 0.15) is 6.10 Å². The van der Waals surface area contributed by atoms with E-state index >= 15 is 0 Å². The summed E-state index contributed by atoms with van der Waals surface area (Å²) in [6.45, 7) is 1.74. The number of carboxylic acid groups (broad SMARTS) is 1. The molecule has 1 aromatic carbocycles. The van der Waals surface area contributed by atoms with Crippen LogP contribution in [0.1, 0.15) is 12.5 Å². The van der Waals surface area contributed by atoms with Crippen LogP contribution in [0.4, 0.5) is 0 Å². The first kappa shape index (κ1) is 14.3. The van der Waals surface area contributed by atoms with Crippen molar-refractivity contribution in [2.24, 2.45) is 0 Å². The number of benzene rings is 1. The largest absolute Gasteiger partial charge is 0.478 e. The number of halogens is 1. The molecule has 1 N–H and O–H groups in total. The Bertz CT molecular complexity index is 451. The van der Waals surface area contributed by atoms with E-state index in [1.807, 2.05) is 12.1 Å². The zero-order valence-electron chi connectivity index (χ0n) is 9.80. The summed E-state index contributed by atoms with van der Waals surface area (Å²) in [7, 11) is 0. The molecule has 0 aromatic heterocycles. The molecule has 0 saturated carbocycles. The quantitative estimate of drug-likeness (QED) is 0.658. The van der Waals surface area contributed by atoms with E-state index < -0.39 is 11.9 Å². The summed E-state index contributed by atoms with van der Waals surface area (Å²) in [5, 5.41) is 9.00. The van der Waals surface area contributed by atoms with E-state index in [0.29, 0.717) is 11.4 Å². The Morgan fingerprint density at radius 2 is 1.94 bits per heavy atom. The average Bonchev–Trinajstić information content (AvgIpc) is 2.29. The summed E-state index contributed by atoms with van der Waals surface area (Å²) in [6.07, 6.45) is 1.85. The van der Waals surface area contributed by atoms with Crippen LogP contribution in [0.15, 0.2) is 36.4 Å². The molecule has 0 bridgehead atoms. The number of aliphatic carboxylic acids is 1. The molecule has 4 nitrogen and oxygen atoms in total. The molecule has 1 rings (SSSR count). The maximum absolute atomic E-state index is 11.2. The molecule has 0 aliphatic rings. The molecule has 0 fully saturated rings. The highest BCUT2D eigenvalue weighted by Gasteiger charge is 2.08. The van der Waals surface area contributed by atoms with Gasteiger partial charge in [-0.2, -0.15) is 0 Å². The van der Waals surface area contributed by atoms with E-state index in [0.717, 1.165) is 17.7 Å². The summed E-state index contributed by atoms with van der Waals surface area (Å²) in [6, 6.07) is 7.21. The van der Waals surface area contributed by atoms with Gasteiger partial charge < -0.3 is 9.84 Å². The molecule has 5 heteroatoms. The van der Waals surface area contributed by atoms with Gasteiger partial charge in [0.05, 0.1) is 0 Å². The summed E-state index contributed by atoms with van der Waals surface area (Å²) >= 11 is 5.75. The summed E-state index contributed by atoms with van der Waals surface area (Å²) in [5.41, 5.74) is 0.988. The predicted molar refractivity (Wildman–Crippen MR) is 67.5 cm³/mol. The fraction of sp³-hybridized carbons (Fsp3) is 0.231. The Labute approximate surface area is 110 Å². The van der Waals surface area contributed by atoms with Crippen molar-refractivity contribution in [2.45, 2.75) is 19.4 Å². The van der Waals surface area contributed by atoms with E-state index in [-0.39, 0.29) is 6.10 Å². The summed E-state index contributed by atoms with van der Waals surface area (Å²) < 4.78 is 5.01. The maximum Gasteiger partial charge on any atom is 0.331 e. The molecule has 0 aliphatic carbocycles. The van der Waals surface area contributed by atoms with Crippen molar-refractivity contribution in [1.29, 1.82) is 0 Å². The lowest BCUT2D eigenvalue weighted by Crippen LogP contribution is -2.15. The van der Waals surface area contributed by atoms with Crippen LogP contribution in [0.2, 0.25) is 5.02 Å². The van der Waals surface area contributed by atoms with Gasteiger partial charge in [-0.3, -0.25) is 0 Å². The van der Waals surface area contributed by atoms with Crippen LogP contribution in [0.5, 0.6) is 0 Å². The normalized spacial score (nSPS) is 12.3. The predicted octanol–water partition coefficient (Wildman–Crippen LogP) is 2.46. The SMILES string of the molecule is CC(Cc1ccc(Cl)cc1)OC(=O)/C=C\C(=O)O. The van der Waals surface area contributed by atoms with E-state index in [4.69, 9.17) is 21.4 Å². The van der Waals surface area contributed by atoms with Crippen molar-refractivity contribution in [3.8, 4) is 0 Å². The zero-order valence-corrected chi connectivity index (χ0v) is 10.6. The Kier molecular flexibility index (Phi) is 5.39. The van der Waals surface area contributed by atoms with Crippen molar-refractivity contribution < 1.29 is 19.4 Å². The lowest BCUT2D eigenvalue weighted by Gasteiger charge is -2.11. The van der Waals surface area contributed by atoms with Crippen molar-refractivity contribution >= 4 is 23.5 Å². The maximum atomic E-state index is 11.2. The van der Waals surface area contributed by atoms with E-state index in [1.54, 1.807) is 19.1 Å². The number of esters is 1. The first-order valence-corrected chi connectivity index (χ1v) is 5.71. The smallest absolute Gasteiger partial charge is 0.331 e. The van der Waals surface area contributed by atoms with Crippen LogP contribution in [-0.4, -0.2) is 23.1 Å². The number of hydrogen-bond acceptors (Lipinski definition) is 3. The van der Waals surface area contributed by atoms with Crippen LogP contribution in [0, 0.1) is 0 Å². The van der Waals surface area contributed by atoms with Gasteiger partial charge in [-0.05, 0) is 24.6 Å². The molecule has 0 radical (unpaired) electrons. The molecule has 0 heterocycles. The molecular weight excluding hydrogens is 256 g/mol. The Balaban J connectivity index is 2.46. The van der Waals surface area contributed by atoms with Crippen molar-refractivity contribution in [3.63, 3.8) is 0 Å². The van der Waals surface area contributed by atoms with E-state index in [1.165, 1.54) is 0 Å². The molecule has 1 aromatic rings. The molecule has 1 atom stereocenters. The number of ether oxygens (including phenoxy) is 1. The first-order chi connectivity index (χ1) is 8.47. The van der Waals surface area contributed by atoms with Gasteiger partial charge in [0.2, 0.25) is 0 Å². The second-order valence-corrected chi connectivity index (χ2v) is 4.19. The molecular formula is C13H13ClO4. The van der Waals surface area contributed by atoms with Crippen LogP contribution in [0.3, 0.4) is 0 Å². The standard InChI is InChI=1S/C13H13ClO4/c1-9(18-13(17)7-6-12(15)16)8-10-2-4-11(14)5-3-10/h2-7,9H,8H2,1H3,(H,15,16)/b7-6-. The van der Waals surface area contributed by atoms with E-state index in [2.05, 4.69) is 0 Å². The molecule has 0 saturated heterocycles. The van der Waals surface area contributed by atoms with Crippen LogP contribution >= 0.6 is 11.6 Å². The van der Waals surface area contributed by atoms with Gasteiger partial charge in [0, 0.05) is 23.6 Å². The van der Waals surface area contributed by atoms with Gasteiger partial charge in [0.25, 0.3) is 0 Å². The average molecular weight is 269 g/mol. The van der Waals surface area contributed by atoms with Gasteiger partial charge in [0.15, 0.2) is 0 Å². The third kappa shape index (κ3) is 5.50. The number of carbonyl (C=O) groups excluding carboxylic acids is 1. The Morgan fingerprint density at radius 1 is 1.33 bits per heavy atom. The second-order valence-electron chi connectivity index (χ2n) is 3.75. The van der Waals surface area contributed by atoms with Gasteiger partial charge in [-0.25, -0.2) is 9.59 Å². The zero-order chi connectivity index (χ0) is 13.5. The fourth-order valence-electron chi connectivity index (χ4n) is 1.37. The summed E-state index contributed by atoms with van der Waals surface area (Å²) in [5.74, 6) is -1.85. The number of carboxylic acids is 1. The number of hydrogen-bond donors (Lipinski definition) is 1. The van der Waals surface area contributed by atoms with Crippen molar-refractivity contribution in [1.82, 2.24) is 0 Å². The fourth-order valence-corrected chi connectivity index (χ4v) is 1.50.